The number of hydrogen-bond donors (Lipinski definition) is 2. The lowest BCUT2D eigenvalue weighted by molar-refractivity contribution is 0.0580. The zero-order valence-corrected chi connectivity index (χ0v) is 11.3. The molecule has 0 spiro atoms. The Bertz CT molecular complexity index is 411. The fraction of sp³-hybridized carbons (Fsp3) is 0.500. The summed E-state index contributed by atoms with van der Waals surface area (Å²) in [5, 5.41) is 10.0. The number of rotatable bonds is 2. The highest BCUT2D eigenvalue weighted by Crippen LogP contribution is 2.38. The third-order valence-electron chi connectivity index (χ3n) is 3.22. The number of hydrogen-bond acceptors (Lipinski definition) is 3. The van der Waals surface area contributed by atoms with Crippen LogP contribution in [-0.4, -0.2) is 18.3 Å². The molecule has 1 aromatic carbocycles. The van der Waals surface area contributed by atoms with Crippen LogP contribution in [0.4, 0.5) is 4.39 Å². The number of ether oxygens (including phenoxy) is 1. The minimum Gasteiger partial charge on any atom is -0.505 e. The van der Waals surface area contributed by atoms with Gasteiger partial charge >= 0.3 is 0 Å². The van der Waals surface area contributed by atoms with Crippen LogP contribution in [0, 0.1) is 11.7 Å². The standard InChI is InChI=1S/C12H15ClFNO2.ClH/c13-8-1-2-9(14)12(16)10(8)11(15)7-3-5-17-6-4-7;/h1-2,7,11,16H,3-6,15H2;1H/t11-;/m1./s1. The lowest BCUT2D eigenvalue weighted by atomic mass is 9.87. The Hall–Kier alpha value is -0.550. The van der Waals surface area contributed by atoms with E-state index in [1.54, 1.807) is 0 Å². The molecule has 0 aromatic heterocycles. The van der Waals surface area contributed by atoms with Crippen molar-refractivity contribution in [1.29, 1.82) is 0 Å². The first kappa shape index (κ1) is 15.5. The molecule has 1 aliphatic rings. The fourth-order valence-corrected chi connectivity index (χ4v) is 2.46. The molecular weight excluding hydrogens is 280 g/mol. The Labute approximate surface area is 116 Å². The van der Waals surface area contributed by atoms with Crippen molar-refractivity contribution in [2.75, 3.05) is 13.2 Å². The molecule has 1 fully saturated rings. The average Bonchev–Trinajstić information content (AvgIpc) is 2.35. The average molecular weight is 296 g/mol. The van der Waals surface area contributed by atoms with Gasteiger partial charge in [-0.3, -0.25) is 0 Å². The highest BCUT2D eigenvalue weighted by atomic mass is 35.5. The topological polar surface area (TPSA) is 55.5 Å². The van der Waals surface area contributed by atoms with E-state index in [9.17, 15) is 9.50 Å². The second-order valence-corrected chi connectivity index (χ2v) is 4.67. The van der Waals surface area contributed by atoms with Gasteiger partial charge in [0.05, 0.1) is 0 Å². The largest absolute Gasteiger partial charge is 0.505 e. The van der Waals surface area contributed by atoms with E-state index in [4.69, 9.17) is 22.1 Å². The molecule has 0 amide bonds. The first-order valence-corrected chi connectivity index (χ1v) is 5.99. The van der Waals surface area contributed by atoms with Gasteiger partial charge in [0.2, 0.25) is 0 Å². The molecule has 0 bridgehead atoms. The summed E-state index contributed by atoms with van der Waals surface area (Å²) in [6.45, 7) is 1.29. The van der Waals surface area contributed by atoms with Crippen LogP contribution in [0.25, 0.3) is 0 Å². The Morgan fingerprint density at radius 3 is 2.61 bits per heavy atom. The fourth-order valence-electron chi connectivity index (χ4n) is 2.18. The molecule has 1 atom stereocenters. The molecule has 1 heterocycles. The van der Waals surface area contributed by atoms with Crippen molar-refractivity contribution in [2.45, 2.75) is 18.9 Å². The van der Waals surface area contributed by atoms with Gasteiger partial charge in [-0.25, -0.2) is 4.39 Å². The molecule has 0 aliphatic carbocycles. The van der Waals surface area contributed by atoms with Crippen LogP contribution in [0.2, 0.25) is 5.02 Å². The van der Waals surface area contributed by atoms with Crippen molar-refractivity contribution in [3.63, 3.8) is 0 Å². The molecule has 3 nitrogen and oxygen atoms in total. The number of halogens is 3. The third-order valence-corrected chi connectivity index (χ3v) is 3.55. The first-order valence-electron chi connectivity index (χ1n) is 5.61. The summed E-state index contributed by atoms with van der Waals surface area (Å²) in [4.78, 5) is 0. The third kappa shape index (κ3) is 3.06. The summed E-state index contributed by atoms with van der Waals surface area (Å²) in [5.41, 5.74) is 6.38. The van der Waals surface area contributed by atoms with E-state index in [-0.39, 0.29) is 18.3 Å². The van der Waals surface area contributed by atoms with Gasteiger partial charge in [0.15, 0.2) is 11.6 Å². The summed E-state index contributed by atoms with van der Waals surface area (Å²) in [6.07, 6.45) is 1.60. The minimum atomic E-state index is -0.688. The number of nitrogens with two attached hydrogens (primary N) is 1. The van der Waals surface area contributed by atoms with Gasteiger partial charge in [-0.05, 0) is 30.9 Å². The molecule has 6 heteroatoms. The van der Waals surface area contributed by atoms with Gasteiger partial charge < -0.3 is 15.6 Å². The van der Waals surface area contributed by atoms with E-state index in [1.165, 1.54) is 6.07 Å². The van der Waals surface area contributed by atoms with Gasteiger partial charge in [0.1, 0.15) is 0 Å². The highest BCUT2D eigenvalue weighted by molar-refractivity contribution is 6.31. The molecule has 0 radical (unpaired) electrons. The van der Waals surface area contributed by atoms with Crippen LogP contribution < -0.4 is 5.73 Å². The van der Waals surface area contributed by atoms with Gasteiger partial charge in [-0.15, -0.1) is 12.4 Å². The van der Waals surface area contributed by atoms with Crippen molar-refractivity contribution in [1.82, 2.24) is 0 Å². The van der Waals surface area contributed by atoms with Crippen molar-refractivity contribution < 1.29 is 14.2 Å². The van der Waals surface area contributed by atoms with Gasteiger partial charge in [-0.2, -0.15) is 0 Å². The molecule has 2 rings (SSSR count). The van der Waals surface area contributed by atoms with Crippen LogP contribution in [0.15, 0.2) is 12.1 Å². The SMILES string of the molecule is Cl.N[C@@H](c1c(Cl)ccc(F)c1O)C1CCOCC1. The lowest BCUT2D eigenvalue weighted by Crippen LogP contribution is -2.27. The molecule has 1 saturated heterocycles. The molecule has 3 N–H and O–H groups in total. The van der Waals surface area contributed by atoms with E-state index < -0.39 is 17.6 Å². The molecule has 0 unspecified atom stereocenters. The van der Waals surface area contributed by atoms with E-state index in [0.29, 0.717) is 23.8 Å². The Balaban J connectivity index is 0.00000162. The first-order chi connectivity index (χ1) is 8.11. The molecule has 102 valence electrons. The summed E-state index contributed by atoms with van der Waals surface area (Å²) < 4.78 is 18.5. The number of phenolic OH excluding ortho intramolecular Hbond substituents is 1. The van der Waals surface area contributed by atoms with Crippen LogP contribution in [0.1, 0.15) is 24.4 Å². The van der Waals surface area contributed by atoms with E-state index in [2.05, 4.69) is 0 Å². The van der Waals surface area contributed by atoms with Gasteiger partial charge in [0.25, 0.3) is 0 Å². The minimum absolute atomic E-state index is 0. The maximum absolute atomic E-state index is 13.3. The number of benzene rings is 1. The maximum atomic E-state index is 13.3. The smallest absolute Gasteiger partial charge is 0.165 e. The summed E-state index contributed by atoms with van der Waals surface area (Å²) in [7, 11) is 0. The molecular formula is C12H16Cl2FNO2. The van der Waals surface area contributed by atoms with Gasteiger partial charge in [-0.1, -0.05) is 11.6 Å². The van der Waals surface area contributed by atoms with E-state index >= 15 is 0 Å². The molecule has 0 saturated carbocycles. The van der Waals surface area contributed by atoms with Crippen molar-refractivity contribution in [3.8, 4) is 5.75 Å². The second-order valence-electron chi connectivity index (χ2n) is 4.27. The monoisotopic (exact) mass is 295 g/mol. The predicted octanol–water partition coefficient (Wildman–Crippen LogP) is 3.03. The summed E-state index contributed by atoms with van der Waals surface area (Å²) in [5.74, 6) is -0.961. The Morgan fingerprint density at radius 2 is 2.00 bits per heavy atom. The van der Waals surface area contributed by atoms with Crippen LogP contribution in [0.3, 0.4) is 0 Å². The van der Waals surface area contributed by atoms with Crippen LogP contribution >= 0.6 is 24.0 Å². The number of aromatic hydroxyl groups is 1. The Kier molecular flexibility index (Phi) is 5.66. The normalized spacial score (nSPS) is 18.2. The highest BCUT2D eigenvalue weighted by Gasteiger charge is 2.27. The van der Waals surface area contributed by atoms with Crippen molar-refractivity contribution >= 4 is 24.0 Å². The molecule has 1 aromatic rings. The lowest BCUT2D eigenvalue weighted by Gasteiger charge is -2.28. The predicted molar refractivity (Wildman–Crippen MR) is 70.8 cm³/mol. The maximum Gasteiger partial charge on any atom is 0.165 e. The number of phenols is 1. The van der Waals surface area contributed by atoms with Gasteiger partial charge in [0, 0.05) is 29.8 Å². The second kappa shape index (κ2) is 6.57. The van der Waals surface area contributed by atoms with Crippen molar-refractivity contribution in [3.05, 3.63) is 28.5 Å². The summed E-state index contributed by atoms with van der Waals surface area (Å²) >= 11 is 5.98. The van der Waals surface area contributed by atoms with E-state index in [1.807, 2.05) is 0 Å². The molecule has 18 heavy (non-hydrogen) atoms. The summed E-state index contributed by atoms with van der Waals surface area (Å²) in [6, 6.07) is 2.10. The quantitative estimate of drug-likeness (QED) is 0.882. The van der Waals surface area contributed by atoms with Crippen LogP contribution in [0.5, 0.6) is 5.75 Å². The molecule has 1 aliphatic heterocycles. The van der Waals surface area contributed by atoms with E-state index in [0.717, 1.165) is 18.9 Å². The van der Waals surface area contributed by atoms with Crippen LogP contribution in [-0.2, 0) is 4.74 Å². The zero-order valence-electron chi connectivity index (χ0n) is 9.73. The Morgan fingerprint density at radius 1 is 1.39 bits per heavy atom. The zero-order chi connectivity index (χ0) is 12.4. The van der Waals surface area contributed by atoms with Crippen molar-refractivity contribution in [2.24, 2.45) is 11.7 Å².